The number of esters is 2. The van der Waals surface area contributed by atoms with Crippen LogP contribution in [0.3, 0.4) is 0 Å². The fourth-order valence-corrected chi connectivity index (χ4v) is 2.90. The summed E-state index contributed by atoms with van der Waals surface area (Å²) in [6.07, 6.45) is 1.67. The monoisotopic (exact) mass is 380 g/mol. The van der Waals surface area contributed by atoms with E-state index in [1.165, 1.54) is 11.3 Å². The number of carbonyl (C=O) groups is 3. The number of hydrogen-bond donors (Lipinski definition) is 3. The van der Waals surface area contributed by atoms with Gasteiger partial charge in [-0.25, -0.2) is 19.4 Å². The zero-order valence-electron chi connectivity index (χ0n) is 14.5. The van der Waals surface area contributed by atoms with E-state index in [-0.39, 0.29) is 30.2 Å². The second-order valence-corrected chi connectivity index (χ2v) is 6.07. The molecule has 0 aliphatic carbocycles. The minimum absolute atomic E-state index is 0.133. The molecule has 0 unspecified atom stereocenters. The molecule has 10 heteroatoms. The van der Waals surface area contributed by atoms with Crippen molar-refractivity contribution in [1.29, 1.82) is 0 Å². The molecule has 9 nitrogen and oxygen atoms in total. The summed E-state index contributed by atoms with van der Waals surface area (Å²) < 4.78 is 10.2. The van der Waals surface area contributed by atoms with Crippen molar-refractivity contribution in [3.8, 4) is 0 Å². The number of aromatic nitrogens is 1. The largest absolute Gasteiger partial charge is 0.463 e. The van der Waals surface area contributed by atoms with E-state index in [2.05, 4.69) is 27.5 Å². The molecule has 2 amide bonds. The van der Waals surface area contributed by atoms with E-state index in [1.54, 1.807) is 25.3 Å². The summed E-state index contributed by atoms with van der Waals surface area (Å²) in [6, 6.07) is -1.05. The molecule has 2 rings (SSSR count). The van der Waals surface area contributed by atoms with Crippen LogP contribution < -0.4 is 16.0 Å². The first-order chi connectivity index (χ1) is 12.5. The Hall–Kier alpha value is -2.88. The highest BCUT2D eigenvalue weighted by Crippen LogP contribution is 2.18. The van der Waals surface area contributed by atoms with Crippen molar-refractivity contribution in [2.24, 2.45) is 0 Å². The van der Waals surface area contributed by atoms with Crippen molar-refractivity contribution in [1.82, 2.24) is 15.6 Å². The molecule has 0 aromatic carbocycles. The number of amides is 2. The van der Waals surface area contributed by atoms with E-state index in [4.69, 9.17) is 9.47 Å². The minimum atomic E-state index is -0.663. The van der Waals surface area contributed by atoms with Crippen LogP contribution in [-0.4, -0.2) is 48.8 Å². The highest BCUT2D eigenvalue weighted by atomic mass is 32.1. The van der Waals surface area contributed by atoms with Gasteiger partial charge in [0.1, 0.15) is 6.61 Å². The van der Waals surface area contributed by atoms with E-state index in [0.717, 1.165) is 0 Å². The van der Waals surface area contributed by atoms with Crippen molar-refractivity contribution in [3.63, 3.8) is 0 Å². The van der Waals surface area contributed by atoms with Gasteiger partial charge < -0.3 is 25.4 Å². The van der Waals surface area contributed by atoms with Crippen molar-refractivity contribution in [3.05, 3.63) is 35.0 Å². The Morgan fingerprint density at radius 3 is 2.88 bits per heavy atom. The summed E-state index contributed by atoms with van der Waals surface area (Å²) in [7, 11) is 0. The quantitative estimate of drug-likeness (QED) is 0.461. The van der Waals surface area contributed by atoms with Crippen LogP contribution in [-0.2, 0) is 14.3 Å². The fraction of sp³-hybridized carbons (Fsp3) is 0.375. The number of nitrogens with zero attached hydrogens (tertiary/aromatic N) is 1. The van der Waals surface area contributed by atoms with Gasteiger partial charge in [-0.3, -0.25) is 0 Å². The molecule has 1 atom stereocenters. The average Bonchev–Trinajstić information content (AvgIpc) is 3.06. The van der Waals surface area contributed by atoms with Gasteiger partial charge in [0.15, 0.2) is 10.8 Å². The molecule has 0 saturated carbocycles. The van der Waals surface area contributed by atoms with Gasteiger partial charge in [0, 0.05) is 11.9 Å². The van der Waals surface area contributed by atoms with E-state index in [9.17, 15) is 14.4 Å². The average molecular weight is 380 g/mol. The highest BCUT2D eigenvalue weighted by molar-refractivity contribution is 7.13. The van der Waals surface area contributed by atoms with Crippen LogP contribution in [0, 0.1) is 0 Å². The predicted molar refractivity (Wildman–Crippen MR) is 95.9 cm³/mol. The molecule has 2 heterocycles. The van der Waals surface area contributed by atoms with Gasteiger partial charge in [-0.15, -0.1) is 17.9 Å². The van der Waals surface area contributed by atoms with E-state index in [0.29, 0.717) is 11.7 Å². The molecule has 26 heavy (non-hydrogen) atoms. The fourth-order valence-electron chi connectivity index (χ4n) is 2.21. The summed E-state index contributed by atoms with van der Waals surface area (Å²) >= 11 is 1.26. The van der Waals surface area contributed by atoms with E-state index >= 15 is 0 Å². The molecule has 1 aliphatic rings. The van der Waals surface area contributed by atoms with Gasteiger partial charge in [0.25, 0.3) is 0 Å². The maximum absolute atomic E-state index is 12.1. The second-order valence-electron chi connectivity index (χ2n) is 5.22. The Morgan fingerprint density at radius 2 is 2.19 bits per heavy atom. The lowest BCUT2D eigenvalue weighted by atomic mass is 10.0. The lowest BCUT2D eigenvalue weighted by molar-refractivity contribution is -0.139. The van der Waals surface area contributed by atoms with Gasteiger partial charge in [-0.05, 0) is 13.8 Å². The number of ether oxygens (including phenoxy) is 2. The number of carbonyl (C=O) groups excluding carboxylic acids is 3. The van der Waals surface area contributed by atoms with Gasteiger partial charge in [0.2, 0.25) is 0 Å². The third kappa shape index (κ3) is 4.82. The third-order valence-electron chi connectivity index (χ3n) is 3.32. The zero-order chi connectivity index (χ0) is 19.1. The van der Waals surface area contributed by atoms with E-state index < -0.39 is 24.0 Å². The Morgan fingerprint density at radius 1 is 1.42 bits per heavy atom. The van der Waals surface area contributed by atoms with Crippen LogP contribution in [0.1, 0.15) is 24.3 Å². The number of hydrogen-bond acceptors (Lipinski definition) is 8. The van der Waals surface area contributed by atoms with Crippen molar-refractivity contribution >= 4 is 34.4 Å². The standard InChI is InChI=1S/C16H20N4O5S/c1-4-6-17-16-20-11(8-26-16)13(21)25-7-10-12(14(22)24-5-2)9(3)18-15(23)19-10/h4,8-9H,1,5-7H2,2-3H3,(H,17,20)(H2,18,19,23)/t9-/m1/s1. The van der Waals surface area contributed by atoms with Crippen LogP contribution >= 0.6 is 11.3 Å². The number of urea groups is 1. The minimum Gasteiger partial charge on any atom is -0.463 e. The molecule has 0 saturated heterocycles. The normalized spacial score (nSPS) is 16.4. The molecule has 3 N–H and O–H groups in total. The molecule has 0 fully saturated rings. The Bertz CT molecular complexity index is 743. The molecular formula is C16H20N4O5S. The molecule has 0 radical (unpaired) electrons. The number of anilines is 1. The third-order valence-corrected chi connectivity index (χ3v) is 4.12. The number of rotatable bonds is 8. The first-order valence-electron chi connectivity index (χ1n) is 7.91. The van der Waals surface area contributed by atoms with Gasteiger partial charge in [0.05, 0.1) is 23.9 Å². The molecule has 1 aromatic rings. The predicted octanol–water partition coefficient (Wildman–Crippen LogP) is 1.42. The topological polar surface area (TPSA) is 119 Å². The van der Waals surface area contributed by atoms with Crippen LogP contribution in [0.4, 0.5) is 9.93 Å². The van der Waals surface area contributed by atoms with Gasteiger partial charge >= 0.3 is 18.0 Å². The second kappa shape index (κ2) is 8.99. The van der Waals surface area contributed by atoms with Crippen molar-refractivity contribution in [2.45, 2.75) is 19.9 Å². The molecule has 0 bridgehead atoms. The van der Waals surface area contributed by atoms with Crippen molar-refractivity contribution < 1.29 is 23.9 Å². The van der Waals surface area contributed by atoms with Crippen molar-refractivity contribution in [2.75, 3.05) is 25.1 Å². The Kier molecular flexibility index (Phi) is 6.73. The first kappa shape index (κ1) is 19.4. The SMILES string of the molecule is C=CCNc1nc(C(=O)OCC2=C(C(=O)OCC)[C@@H](C)NC(=O)N2)cs1. The maximum Gasteiger partial charge on any atom is 0.358 e. The molecule has 1 aromatic heterocycles. The zero-order valence-corrected chi connectivity index (χ0v) is 15.3. The van der Waals surface area contributed by atoms with Crippen LogP contribution in [0.15, 0.2) is 29.3 Å². The van der Waals surface area contributed by atoms with Crippen LogP contribution in [0.5, 0.6) is 0 Å². The maximum atomic E-state index is 12.1. The van der Waals surface area contributed by atoms with Gasteiger partial charge in [-0.1, -0.05) is 6.08 Å². The first-order valence-corrected chi connectivity index (χ1v) is 8.79. The summed E-state index contributed by atoms with van der Waals surface area (Å²) in [5, 5.41) is 10.1. The van der Waals surface area contributed by atoms with Crippen LogP contribution in [0.25, 0.3) is 0 Å². The Labute approximate surface area is 154 Å². The summed E-state index contributed by atoms with van der Waals surface area (Å²) in [5.74, 6) is -1.24. The molecule has 1 aliphatic heterocycles. The smallest absolute Gasteiger partial charge is 0.358 e. The lowest BCUT2D eigenvalue weighted by Gasteiger charge is -2.26. The van der Waals surface area contributed by atoms with Crippen LogP contribution in [0.2, 0.25) is 0 Å². The summed E-state index contributed by atoms with van der Waals surface area (Å²) in [5.41, 5.74) is 0.535. The Balaban J connectivity index is 2.08. The highest BCUT2D eigenvalue weighted by Gasteiger charge is 2.30. The summed E-state index contributed by atoms with van der Waals surface area (Å²) in [4.78, 5) is 40.0. The number of nitrogens with one attached hydrogen (secondary N) is 3. The molecule has 140 valence electrons. The van der Waals surface area contributed by atoms with E-state index in [1.807, 2.05) is 0 Å². The number of thiazole rings is 1. The summed E-state index contributed by atoms with van der Waals surface area (Å²) in [6.45, 7) is 7.34. The van der Waals surface area contributed by atoms with Gasteiger partial charge in [-0.2, -0.15) is 0 Å². The molecule has 0 spiro atoms. The molecular weight excluding hydrogens is 360 g/mol. The lowest BCUT2D eigenvalue weighted by Crippen LogP contribution is -2.50.